The first-order chi connectivity index (χ1) is 12.8. The minimum Gasteiger partial charge on any atom is -0.497 e. The quantitative estimate of drug-likeness (QED) is 0.749. The Morgan fingerprint density at radius 2 is 1.85 bits per heavy atom. The number of rotatable bonds is 4. The second-order valence-electron chi connectivity index (χ2n) is 6.33. The van der Waals surface area contributed by atoms with Crippen molar-refractivity contribution in [3.8, 4) is 5.75 Å². The van der Waals surface area contributed by atoms with E-state index in [1.807, 2.05) is 0 Å². The molecule has 3 rings (SSSR count). The van der Waals surface area contributed by atoms with Crippen molar-refractivity contribution in [2.24, 2.45) is 0 Å². The second-order valence-corrected chi connectivity index (χ2v) is 6.33. The Morgan fingerprint density at radius 1 is 1.11 bits per heavy atom. The minimum atomic E-state index is -0.899. The highest BCUT2D eigenvalue weighted by Crippen LogP contribution is 2.22. The van der Waals surface area contributed by atoms with Gasteiger partial charge in [0.2, 0.25) is 0 Å². The second kappa shape index (κ2) is 7.19. The molecule has 0 radical (unpaired) electrons. The van der Waals surface area contributed by atoms with Crippen molar-refractivity contribution < 1.29 is 18.3 Å². The number of carbonyl (C=O) groups is 1. The number of benzene rings is 2. The molecule has 1 aromatic heterocycles. The molecule has 1 N–H and O–H groups in total. The maximum atomic E-state index is 13.9. The lowest BCUT2D eigenvalue weighted by Gasteiger charge is -2.18. The van der Waals surface area contributed by atoms with E-state index in [9.17, 15) is 18.4 Å². The van der Waals surface area contributed by atoms with Crippen LogP contribution < -0.4 is 15.6 Å². The molecule has 0 aliphatic heterocycles. The predicted octanol–water partition coefficient (Wildman–Crippen LogP) is 4.12. The van der Waals surface area contributed by atoms with Crippen LogP contribution in [0.1, 0.15) is 30.4 Å². The first-order valence-corrected chi connectivity index (χ1v) is 8.31. The zero-order valence-corrected chi connectivity index (χ0v) is 15.0. The monoisotopic (exact) mass is 372 g/mol. The van der Waals surface area contributed by atoms with Gasteiger partial charge in [0.25, 0.3) is 11.5 Å². The number of fused-ring (bicyclic) bond motifs is 1. The number of amides is 1. The van der Waals surface area contributed by atoms with Crippen molar-refractivity contribution in [1.29, 1.82) is 0 Å². The molecule has 7 heteroatoms. The smallest absolute Gasteiger partial charge is 0.272 e. The van der Waals surface area contributed by atoms with Gasteiger partial charge in [0, 0.05) is 17.5 Å². The molecule has 0 saturated carbocycles. The van der Waals surface area contributed by atoms with E-state index < -0.39 is 17.5 Å². The average Bonchev–Trinajstić information content (AvgIpc) is 2.62. The Hall–Kier alpha value is -3.22. The Kier molecular flexibility index (Phi) is 4.94. The molecule has 0 bridgehead atoms. The normalized spacial score (nSPS) is 11.0. The molecule has 0 aliphatic carbocycles. The van der Waals surface area contributed by atoms with Crippen LogP contribution in [-0.4, -0.2) is 17.6 Å². The fraction of sp³-hybridized carbons (Fsp3) is 0.200. The molecule has 0 spiro atoms. The van der Waals surface area contributed by atoms with E-state index in [1.54, 1.807) is 38.1 Å². The van der Waals surface area contributed by atoms with Crippen LogP contribution in [0, 0.1) is 11.6 Å². The van der Waals surface area contributed by atoms with Crippen molar-refractivity contribution in [2.75, 3.05) is 12.4 Å². The van der Waals surface area contributed by atoms with Crippen LogP contribution in [0.5, 0.6) is 5.75 Å². The average molecular weight is 372 g/mol. The summed E-state index contributed by atoms with van der Waals surface area (Å²) in [5.41, 5.74) is -0.441. The summed E-state index contributed by atoms with van der Waals surface area (Å²) in [6.07, 6.45) is 0. The molecule has 1 amide bonds. The van der Waals surface area contributed by atoms with Crippen LogP contribution in [0.15, 0.2) is 47.3 Å². The summed E-state index contributed by atoms with van der Waals surface area (Å²) in [4.78, 5) is 25.6. The van der Waals surface area contributed by atoms with Crippen molar-refractivity contribution in [1.82, 2.24) is 4.57 Å². The number of nitrogens with zero attached hydrogens (tertiary/aromatic N) is 1. The predicted molar refractivity (Wildman–Crippen MR) is 99.5 cm³/mol. The number of hydrogen-bond acceptors (Lipinski definition) is 3. The molecule has 0 fully saturated rings. The van der Waals surface area contributed by atoms with E-state index in [-0.39, 0.29) is 23.0 Å². The SMILES string of the molecule is COc1ccc2c(=O)n(C(C)C)c(C(=O)Nc3ccc(F)cc3F)cc2c1. The van der Waals surface area contributed by atoms with E-state index in [0.29, 0.717) is 22.6 Å². The summed E-state index contributed by atoms with van der Waals surface area (Å²) < 4.78 is 33.5. The van der Waals surface area contributed by atoms with Gasteiger partial charge in [-0.1, -0.05) is 0 Å². The molecule has 1 heterocycles. The van der Waals surface area contributed by atoms with E-state index in [2.05, 4.69) is 5.32 Å². The summed E-state index contributed by atoms with van der Waals surface area (Å²) in [5, 5.41) is 3.37. The summed E-state index contributed by atoms with van der Waals surface area (Å²) in [6, 6.07) is 9.05. The van der Waals surface area contributed by atoms with E-state index in [0.717, 1.165) is 12.1 Å². The van der Waals surface area contributed by atoms with Crippen LogP contribution >= 0.6 is 0 Å². The molecule has 0 unspecified atom stereocenters. The fourth-order valence-corrected chi connectivity index (χ4v) is 2.90. The standard InChI is InChI=1S/C20H18F2N2O3/c1-11(2)24-18(19(25)23-17-7-4-13(21)10-16(17)22)9-12-8-14(27-3)5-6-15(12)20(24)26/h4-11H,1-3H3,(H,23,25). The lowest BCUT2D eigenvalue weighted by molar-refractivity contribution is 0.101. The molecule has 2 aromatic carbocycles. The van der Waals surface area contributed by atoms with E-state index in [1.165, 1.54) is 11.7 Å². The summed E-state index contributed by atoms with van der Waals surface area (Å²) >= 11 is 0. The lowest BCUT2D eigenvalue weighted by atomic mass is 10.1. The first kappa shape index (κ1) is 18.6. The molecular formula is C20H18F2N2O3. The van der Waals surface area contributed by atoms with Crippen molar-refractivity contribution in [2.45, 2.75) is 19.9 Å². The number of methoxy groups -OCH3 is 1. The number of hydrogen-bond donors (Lipinski definition) is 1. The first-order valence-electron chi connectivity index (χ1n) is 8.31. The Balaban J connectivity index is 2.14. The van der Waals surface area contributed by atoms with Crippen molar-refractivity contribution in [3.63, 3.8) is 0 Å². The van der Waals surface area contributed by atoms with Gasteiger partial charge in [-0.3, -0.25) is 9.59 Å². The topological polar surface area (TPSA) is 60.3 Å². The van der Waals surface area contributed by atoms with Gasteiger partial charge in [-0.15, -0.1) is 0 Å². The number of nitrogens with one attached hydrogen (secondary N) is 1. The molecule has 5 nitrogen and oxygen atoms in total. The van der Waals surface area contributed by atoms with Gasteiger partial charge in [-0.25, -0.2) is 8.78 Å². The number of anilines is 1. The van der Waals surface area contributed by atoms with Crippen LogP contribution in [-0.2, 0) is 0 Å². The van der Waals surface area contributed by atoms with Gasteiger partial charge in [-0.2, -0.15) is 0 Å². The van der Waals surface area contributed by atoms with Gasteiger partial charge >= 0.3 is 0 Å². The maximum Gasteiger partial charge on any atom is 0.272 e. The third kappa shape index (κ3) is 3.53. The highest BCUT2D eigenvalue weighted by molar-refractivity contribution is 6.05. The van der Waals surface area contributed by atoms with Gasteiger partial charge in [0.1, 0.15) is 23.1 Å². The van der Waals surface area contributed by atoms with Crippen molar-refractivity contribution in [3.05, 3.63) is 70.1 Å². The zero-order chi connectivity index (χ0) is 19.7. The lowest BCUT2D eigenvalue weighted by Crippen LogP contribution is -2.30. The minimum absolute atomic E-state index is 0.0690. The Morgan fingerprint density at radius 3 is 2.48 bits per heavy atom. The maximum absolute atomic E-state index is 13.9. The molecule has 0 aliphatic rings. The number of carbonyl (C=O) groups excluding carboxylic acids is 1. The molecule has 0 atom stereocenters. The third-order valence-electron chi connectivity index (χ3n) is 4.19. The number of aromatic nitrogens is 1. The van der Waals surface area contributed by atoms with Crippen molar-refractivity contribution >= 4 is 22.4 Å². The fourth-order valence-electron chi connectivity index (χ4n) is 2.90. The number of pyridine rings is 1. The summed E-state index contributed by atoms with van der Waals surface area (Å²) in [5.74, 6) is -1.78. The zero-order valence-electron chi connectivity index (χ0n) is 15.0. The van der Waals surface area contributed by atoms with Crippen LogP contribution in [0.4, 0.5) is 14.5 Å². The molecule has 3 aromatic rings. The molecular weight excluding hydrogens is 354 g/mol. The molecule has 0 saturated heterocycles. The van der Waals surface area contributed by atoms with Gasteiger partial charge in [0.05, 0.1) is 12.8 Å². The van der Waals surface area contributed by atoms with E-state index >= 15 is 0 Å². The highest BCUT2D eigenvalue weighted by Gasteiger charge is 2.19. The molecule has 27 heavy (non-hydrogen) atoms. The third-order valence-corrected chi connectivity index (χ3v) is 4.19. The highest BCUT2D eigenvalue weighted by atomic mass is 19.1. The summed E-state index contributed by atoms with van der Waals surface area (Å²) in [6.45, 7) is 3.54. The van der Waals surface area contributed by atoms with Crippen LogP contribution in [0.25, 0.3) is 10.8 Å². The van der Waals surface area contributed by atoms with Crippen LogP contribution in [0.3, 0.4) is 0 Å². The van der Waals surface area contributed by atoms with Gasteiger partial charge in [-0.05, 0) is 55.6 Å². The molecule has 140 valence electrons. The van der Waals surface area contributed by atoms with Gasteiger partial charge < -0.3 is 14.6 Å². The Labute approximate surface area is 154 Å². The Bertz CT molecular complexity index is 1090. The largest absolute Gasteiger partial charge is 0.497 e. The van der Waals surface area contributed by atoms with Crippen LogP contribution in [0.2, 0.25) is 0 Å². The van der Waals surface area contributed by atoms with Gasteiger partial charge in [0.15, 0.2) is 0 Å². The number of ether oxygens (including phenoxy) is 1. The summed E-state index contributed by atoms with van der Waals surface area (Å²) in [7, 11) is 1.50. The number of halogens is 2. The van der Waals surface area contributed by atoms with E-state index in [4.69, 9.17) is 4.74 Å².